The summed E-state index contributed by atoms with van der Waals surface area (Å²) in [6.45, 7) is 4.26. The molecule has 0 radical (unpaired) electrons. The van der Waals surface area contributed by atoms with Crippen LogP contribution in [0.15, 0.2) is 231 Å². The van der Waals surface area contributed by atoms with Crippen LogP contribution in [0.2, 0.25) is 0 Å². The van der Waals surface area contributed by atoms with Crippen LogP contribution in [-0.2, 0) is 0 Å². The Morgan fingerprint density at radius 3 is 0.767 bits per heavy atom. The number of hydrogen-bond donors (Lipinski definition) is 0. The lowest BCUT2D eigenvalue weighted by Crippen LogP contribution is -2.10. The van der Waals surface area contributed by atoms with E-state index in [1.807, 2.05) is 12.1 Å². The molecule has 8 aromatic carbocycles. The minimum absolute atomic E-state index is 1.10. The van der Waals surface area contributed by atoms with Crippen molar-refractivity contribution in [1.29, 1.82) is 0 Å². The van der Waals surface area contributed by atoms with Crippen molar-refractivity contribution >= 4 is 58.4 Å². The van der Waals surface area contributed by atoms with Gasteiger partial charge in [-0.3, -0.25) is 0 Å². The molecule has 8 aromatic rings. The highest BCUT2D eigenvalue weighted by atomic mass is 15.1. The van der Waals surface area contributed by atoms with E-state index in [0.29, 0.717) is 0 Å². The van der Waals surface area contributed by atoms with Gasteiger partial charge in [0, 0.05) is 34.1 Å². The van der Waals surface area contributed by atoms with Gasteiger partial charge in [-0.15, -0.1) is 0 Å². The van der Waals surface area contributed by atoms with Crippen molar-refractivity contribution in [2.75, 3.05) is 9.80 Å². The molecule has 2 nitrogen and oxygen atoms in total. The molecular weight excluding hydrogens is 725 g/mol. The number of benzene rings is 8. The average molecular weight is 773 g/mol. The highest BCUT2D eigenvalue weighted by Crippen LogP contribution is 2.38. The molecule has 0 saturated carbocycles. The Morgan fingerprint density at radius 2 is 0.483 bits per heavy atom. The molecule has 0 heterocycles. The molecule has 60 heavy (non-hydrogen) atoms. The summed E-state index contributed by atoms with van der Waals surface area (Å²) in [6.07, 6.45) is 16.9. The Labute approximate surface area is 355 Å². The molecule has 8 rings (SSSR count). The summed E-state index contributed by atoms with van der Waals surface area (Å²) in [5.41, 5.74) is 16.1. The maximum absolute atomic E-state index is 2.32. The predicted molar refractivity (Wildman–Crippen MR) is 260 cm³/mol. The summed E-state index contributed by atoms with van der Waals surface area (Å²) in [5, 5.41) is 0. The Bertz CT molecular complexity index is 2490. The highest BCUT2D eigenvalue weighted by molar-refractivity contribution is 5.81. The number of anilines is 6. The molecule has 0 atom stereocenters. The smallest absolute Gasteiger partial charge is 0.0462 e. The zero-order chi connectivity index (χ0) is 40.9. The van der Waals surface area contributed by atoms with Crippen molar-refractivity contribution in [3.05, 3.63) is 264 Å². The van der Waals surface area contributed by atoms with Crippen LogP contribution in [-0.4, -0.2) is 0 Å². The summed E-state index contributed by atoms with van der Waals surface area (Å²) >= 11 is 0. The zero-order valence-electron chi connectivity index (χ0n) is 34.1. The van der Waals surface area contributed by atoms with Gasteiger partial charge in [-0.1, -0.05) is 193 Å². The van der Waals surface area contributed by atoms with Crippen molar-refractivity contribution < 1.29 is 0 Å². The van der Waals surface area contributed by atoms with Crippen LogP contribution in [0.5, 0.6) is 0 Å². The van der Waals surface area contributed by atoms with Crippen LogP contribution in [0, 0.1) is 13.8 Å². The fourth-order valence-corrected chi connectivity index (χ4v) is 7.15. The fourth-order valence-electron chi connectivity index (χ4n) is 7.15. The van der Waals surface area contributed by atoms with Crippen molar-refractivity contribution in [1.82, 2.24) is 0 Å². The molecule has 2 heteroatoms. The van der Waals surface area contributed by atoms with E-state index in [9.17, 15) is 0 Å². The second-order valence-electron chi connectivity index (χ2n) is 14.9. The van der Waals surface area contributed by atoms with Gasteiger partial charge in [0.2, 0.25) is 0 Å². The summed E-state index contributed by atoms with van der Waals surface area (Å²) in [7, 11) is 0. The number of rotatable bonds is 13. The van der Waals surface area contributed by atoms with Crippen LogP contribution in [0.4, 0.5) is 34.1 Å². The first-order chi connectivity index (χ1) is 29.6. The van der Waals surface area contributed by atoms with E-state index in [4.69, 9.17) is 0 Å². The predicted octanol–water partition coefficient (Wildman–Crippen LogP) is 16.4. The summed E-state index contributed by atoms with van der Waals surface area (Å²) in [5.74, 6) is 0. The van der Waals surface area contributed by atoms with Crippen molar-refractivity contribution in [2.24, 2.45) is 0 Å². The highest BCUT2D eigenvalue weighted by Gasteiger charge is 2.15. The lowest BCUT2D eigenvalue weighted by atomic mass is 10.0. The van der Waals surface area contributed by atoms with Gasteiger partial charge in [0.1, 0.15) is 0 Å². The van der Waals surface area contributed by atoms with Crippen molar-refractivity contribution in [2.45, 2.75) is 13.8 Å². The molecule has 0 aromatic heterocycles. The molecule has 0 spiro atoms. The Balaban J connectivity index is 1.01. The Kier molecular flexibility index (Phi) is 12.5. The summed E-state index contributed by atoms with van der Waals surface area (Å²) in [4.78, 5) is 4.63. The zero-order valence-corrected chi connectivity index (χ0v) is 34.1. The largest absolute Gasteiger partial charge is 0.311 e. The SMILES string of the molecule is Cc1ccc(N(c2ccc(/C=C\C=C/c3ccccc3)cc2)c2ccc(-c3ccc(N(c4ccc(C)cc4)c4ccc(/C=C\C=C\c5ccccc5)cc4)cc3)cc2)cc1. The van der Waals surface area contributed by atoms with Crippen LogP contribution >= 0.6 is 0 Å². The molecule has 0 fully saturated rings. The van der Waals surface area contributed by atoms with Crippen LogP contribution < -0.4 is 9.80 Å². The quantitative estimate of drug-likeness (QED) is 0.108. The first-order valence-electron chi connectivity index (χ1n) is 20.5. The molecule has 0 bridgehead atoms. The standard InChI is InChI=1S/C58H48N2/c1-45-21-33-53(34-22-45)59(55-37-25-49(26-38-55)19-11-9-17-47-13-5-3-6-14-47)57-41-29-51(30-42-57)52-31-43-58(44-32-52)60(54-35-23-46(2)24-36-54)56-39-27-50(28-40-56)20-12-10-18-48-15-7-4-8-16-48/h3-44H,1-2H3/b17-9-,18-10+,19-11-,20-12-. The minimum Gasteiger partial charge on any atom is -0.311 e. The Hall–Kier alpha value is -7.68. The van der Waals surface area contributed by atoms with E-state index in [1.54, 1.807) is 0 Å². The topological polar surface area (TPSA) is 6.48 Å². The van der Waals surface area contributed by atoms with E-state index in [0.717, 1.165) is 56.4 Å². The van der Waals surface area contributed by atoms with Gasteiger partial charge in [-0.2, -0.15) is 0 Å². The van der Waals surface area contributed by atoms with E-state index in [1.165, 1.54) is 22.3 Å². The second kappa shape index (κ2) is 19.2. The van der Waals surface area contributed by atoms with E-state index < -0.39 is 0 Å². The Morgan fingerprint density at radius 1 is 0.250 bits per heavy atom. The van der Waals surface area contributed by atoms with Gasteiger partial charge < -0.3 is 9.80 Å². The number of nitrogens with zero attached hydrogens (tertiary/aromatic N) is 2. The van der Waals surface area contributed by atoms with Crippen molar-refractivity contribution in [3.8, 4) is 11.1 Å². The third-order valence-electron chi connectivity index (χ3n) is 10.4. The molecule has 0 saturated heterocycles. The number of aryl methyl sites for hydroxylation is 2. The second-order valence-corrected chi connectivity index (χ2v) is 14.9. The summed E-state index contributed by atoms with van der Waals surface area (Å²) in [6, 6.07) is 73.5. The van der Waals surface area contributed by atoms with E-state index in [-0.39, 0.29) is 0 Å². The van der Waals surface area contributed by atoms with E-state index >= 15 is 0 Å². The maximum atomic E-state index is 2.32. The van der Waals surface area contributed by atoms with Crippen LogP contribution in [0.3, 0.4) is 0 Å². The number of hydrogen-bond acceptors (Lipinski definition) is 2. The van der Waals surface area contributed by atoms with Gasteiger partial charge in [0.25, 0.3) is 0 Å². The molecular formula is C58H48N2. The number of allylic oxidation sites excluding steroid dienone is 4. The van der Waals surface area contributed by atoms with E-state index in [2.05, 4.69) is 266 Å². The minimum atomic E-state index is 1.10. The fraction of sp³-hybridized carbons (Fsp3) is 0.0345. The molecule has 0 aliphatic heterocycles. The molecule has 0 aliphatic carbocycles. The molecule has 290 valence electrons. The average Bonchev–Trinajstić information content (AvgIpc) is 3.30. The third-order valence-corrected chi connectivity index (χ3v) is 10.4. The maximum Gasteiger partial charge on any atom is 0.0462 e. The van der Waals surface area contributed by atoms with Gasteiger partial charge in [0.15, 0.2) is 0 Å². The lowest BCUT2D eigenvalue weighted by molar-refractivity contribution is 1.27. The van der Waals surface area contributed by atoms with Gasteiger partial charge in [0.05, 0.1) is 0 Å². The van der Waals surface area contributed by atoms with Crippen LogP contribution in [0.25, 0.3) is 35.4 Å². The lowest BCUT2D eigenvalue weighted by Gasteiger charge is -2.26. The van der Waals surface area contributed by atoms with Crippen molar-refractivity contribution in [3.63, 3.8) is 0 Å². The molecule has 0 amide bonds. The first kappa shape index (κ1) is 39.2. The van der Waals surface area contributed by atoms with Crippen LogP contribution in [0.1, 0.15) is 33.4 Å². The van der Waals surface area contributed by atoms with Gasteiger partial charge in [-0.05, 0) is 120 Å². The molecule has 0 unspecified atom stereocenters. The molecule has 0 N–H and O–H groups in total. The van der Waals surface area contributed by atoms with Gasteiger partial charge >= 0.3 is 0 Å². The monoisotopic (exact) mass is 772 g/mol. The normalized spacial score (nSPS) is 11.6. The molecule has 0 aliphatic rings. The third kappa shape index (κ3) is 10.1. The first-order valence-corrected chi connectivity index (χ1v) is 20.5. The van der Waals surface area contributed by atoms with Gasteiger partial charge in [-0.25, -0.2) is 0 Å². The summed E-state index contributed by atoms with van der Waals surface area (Å²) < 4.78 is 0.